The highest BCUT2D eigenvalue weighted by Crippen LogP contribution is 2.39. The zero-order valence-electron chi connectivity index (χ0n) is 21.1. The van der Waals surface area contributed by atoms with E-state index in [0.717, 1.165) is 6.08 Å². The topological polar surface area (TPSA) is 173 Å². The van der Waals surface area contributed by atoms with Crippen LogP contribution in [0, 0.1) is 6.92 Å². The van der Waals surface area contributed by atoms with Crippen molar-refractivity contribution in [2.45, 2.75) is 51.0 Å². The van der Waals surface area contributed by atoms with E-state index >= 15 is 0 Å². The minimum atomic E-state index is -1.76. The number of rotatable bonds is 8. The quantitative estimate of drug-likeness (QED) is 0.240. The third kappa shape index (κ3) is 6.18. The first-order valence-electron chi connectivity index (χ1n) is 12.1. The summed E-state index contributed by atoms with van der Waals surface area (Å²) in [7, 11) is 0. The minimum absolute atomic E-state index is 0.0251. The van der Waals surface area contributed by atoms with E-state index < -0.39 is 54.5 Å². The number of aromatic hydroxyl groups is 1. The Morgan fingerprint density at radius 3 is 2.49 bits per heavy atom. The molecule has 0 aliphatic carbocycles. The Kier molecular flexibility index (Phi) is 8.46. The van der Waals surface area contributed by atoms with E-state index in [1.807, 2.05) is 6.07 Å². The number of ether oxygens (including phenoxy) is 3. The number of ketones is 1. The maximum Gasteiger partial charge on any atom is 0.331 e. The molecular weight excluding hydrogens is 512 g/mol. The van der Waals surface area contributed by atoms with E-state index in [0.29, 0.717) is 11.1 Å². The highest BCUT2D eigenvalue weighted by atomic mass is 16.7. The second kappa shape index (κ2) is 11.8. The lowest BCUT2D eigenvalue weighted by atomic mass is 9.99. The molecule has 0 bridgehead atoms. The molecule has 0 radical (unpaired) electrons. The third-order valence-electron chi connectivity index (χ3n) is 6.13. The van der Waals surface area contributed by atoms with E-state index in [-0.39, 0.29) is 34.7 Å². The first-order chi connectivity index (χ1) is 18.6. The van der Waals surface area contributed by atoms with Crippen molar-refractivity contribution in [3.8, 4) is 11.5 Å². The number of phenolic OH excluding ortho intramolecular Hbond substituents is 1. The molecule has 1 aliphatic rings. The van der Waals surface area contributed by atoms with Crippen molar-refractivity contribution in [2.75, 3.05) is 6.61 Å². The minimum Gasteiger partial charge on any atom is -0.504 e. The molecule has 2 heterocycles. The molecule has 4 rings (SSSR count). The number of aliphatic hydroxyl groups excluding tert-OH is 3. The number of carbonyl (C=O) groups is 2. The van der Waals surface area contributed by atoms with E-state index in [1.54, 1.807) is 31.2 Å². The van der Waals surface area contributed by atoms with Gasteiger partial charge in [-0.15, -0.1) is 0 Å². The highest BCUT2D eigenvalue weighted by Gasteiger charge is 2.48. The molecule has 0 saturated carbocycles. The van der Waals surface area contributed by atoms with Crippen molar-refractivity contribution >= 4 is 28.8 Å². The van der Waals surface area contributed by atoms with Crippen LogP contribution in [0.1, 0.15) is 23.8 Å². The summed E-state index contributed by atoms with van der Waals surface area (Å²) in [4.78, 5) is 37.1. The lowest BCUT2D eigenvalue weighted by molar-refractivity contribution is -0.281. The smallest absolute Gasteiger partial charge is 0.331 e. The summed E-state index contributed by atoms with van der Waals surface area (Å²) in [5.41, 5.74) is 0.378. The van der Waals surface area contributed by atoms with Crippen molar-refractivity contribution in [3.05, 3.63) is 75.7 Å². The van der Waals surface area contributed by atoms with Crippen LogP contribution in [0.5, 0.6) is 11.5 Å². The average molecular weight is 541 g/mol. The number of hydrogen-bond donors (Lipinski definition) is 4. The fraction of sp³-hybridized carbons (Fsp3) is 0.321. The highest BCUT2D eigenvalue weighted by molar-refractivity contribution is 5.89. The summed E-state index contributed by atoms with van der Waals surface area (Å²) >= 11 is 0. The number of phenols is 1. The fourth-order valence-electron chi connectivity index (χ4n) is 4.28. The number of aliphatic hydroxyl groups is 3. The molecule has 4 N–H and O–H groups in total. The lowest BCUT2D eigenvalue weighted by Crippen LogP contribution is -2.61. The van der Waals surface area contributed by atoms with E-state index in [9.17, 15) is 34.8 Å². The van der Waals surface area contributed by atoms with Gasteiger partial charge in [0.2, 0.25) is 12.0 Å². The fourth-order valence-corrected chi connectivity index (χ4v) is 4.28. The monoisotopic (exact) mass is 540 g/mol. The van der Waals surface area contributed by atoms with Crippen LogP contribution in [0.3, 0.4) is 0 Å². The van der Waals surface area contributed by atoms with E-state index in [4.69, 9.17) is 18.6 Å². The Labute approximate surface area is 222 Å². The van der Waals surface area contributed by atoms with Crippen LogP contribution in [0.2, 0.25) is 0 Å². The maximum atomic E-state index is 12.8. The van der Waals surface area contributed by atoms with Gasteiger partial charge in [0.1, 0.15) is 29.9 Å². The molecule has 5 atom stereocenters. The summed E-state index contributed by atoms with van der Waals surface area (Å²) in [6, 6.07) is 11.3. The van der Waals surface area contributed by atoms with Gasteiger partial charge < -0.3 is 39.1 Å². The number of esters is 1. The van der Waals surface area contributed by atoms with Crippen LogP contribution in [0.15, 0.2) is 57.8 Å². The van der Waals surface area contributed by atoms with Crippen molar-refractivity contribution in [1.82, 2.24) is 0 Å². The van der Waals surface area contributed by atoms with Gasteiger partial charge in [0.05, 0.1) is 18.4 Å². The largest absolute Gasteiger partial charge is 0.504 e. The van der Waals surface area contributed by atoms with Crippen LogP contribution >= 0.6 is 0 Å². The standard InChI is InChI=1S/C28H28O11/c1-14-10-19(32)25(26-22(14)18(31)12-17(36-26)11-15(2)30)39-28-27(24(35)23(34)20(13-29)37-28)38-21(33)9-8-16-6-4-3-5-7-16/h3-10,12,20,23-24,27-29,32,34-35H,11,13H2,1-2H3/t20-,23-,24+,27-,28+/m1/s1. The molecule has 1 fully saturated rings. The summed E-state index contributed by atoms with van der Waals surface area (Å²) < 4.78 is 22.5. The maximum absolute atomic E-state index is 12.8. The van der Waals surface area contributed by atoms with Crippen molar-refractivity contribution in [2.24, 2.45) is 0 Å². The van der Waals surface area contributed by atoms with Gasteiger partial charge in [0.25, 0.3) is 0 Å². The van der Waals surface area contributed by atoms with Crippen molar-refractivity contribution in [3.63, 3.8) is 0 Å². The molecule has 1 aromatic heterocycles. The molecule has 39 heavy (non-hydrogen) atoms. The zero-order valence-corrected chi connectivity index (χ0v) is 21.1. The Hall–Kier alpha value is -4.03. The summed E-state index contributed by atoms with van der Waals surface area (Å²) in [5.74, 6) is -2.00. The third-order valence-corrected chi connectivity index (χ3v) is 6.13. The summed E-state index contributed by atoms with van der Waals surface area (Å²) in [6.07, 6.45) is -5.62. The number of Topliss-reactive ketones (excluding diaryl/α,β-unsaturated/α-hetero) is 1. The SMILES string of the molecule is CC(=O)Cc1cc(=O)c2c(C)cc(O)c(O[C@@H]3O[C@H](CO)[C@@H](O)[C@H](O)[C@H]3OC(=O)C=Cc3ccccc3)c2o1. The number of fused-ring (bicyclic) bond motifs is 1. The number of hydrogen-bond acceptors (Lipinski definition) is 11. The van der Waals surface area contributed by atoms with Gasteiger partial charge in [-0.2, -0.15) is 0 Å². The molecule has 0 unspecified atom stereocenters. The first-order valence-corrected chi connectivity index (χ1v) is 12.1. The van der Waals surface area contributed by atoms with Crippen LogP contribution in [-0.4, -0.2) is 69.5 Å². The molecule has 11 nitrogen and oxygen atoms in total. The predicted molar refractivity (Wildman–Crippen MR) is 137 cm³/mol. The van der Waals surface area contributed by atoms with Gasteiger partial charge in [-0.05, 0) is 37.1 Å². The van der Waals surface area contributed by atoms with Crippen LogP contribution in [-0.2, 0) is 25.5 Å². The number of benzene rings is 2. The van der Waals surface area contributed by atoms with Crippen LogP contribution < -0.4 is 10.2 Å². The Balaban J connectivity index is 1.71. The molecular formula is C28H28O11. The molecule has 1 aliphatic heterocycles. The van der Waals surface area contributed by atoms with Crippen molar-refractivity contribution < 1.29 is 48.6 Å². The molecule has 0 spiro atoms. The molecule has 11 heteroatoms. The predicted octanol–water partition coefficient (Wildman–Crippen LogP) is 1.38. The van der Waals surface area contributed by atoms with Crippen molar-refractivity contribution in [1.29, 1.82) is 0 Å². The second-order valence-electron chi connectivity index (χ2n) is 9.17. The van der Waals surface area contributed by atoms with Gasteiger partial charge >= 0.3 is 5.97 Å². The van der Waals surface area contributed by atoms with Crippen LogP contribution in [0.4, 0.5) is 0 Å². The summed E-state index contributed by atoms with van der Waals surface area (Å²) in [5, 5.41) is 41.6. The molecule has 0 amide bonds. The number of carbonyl (C=O) groups excluding carboxylic acids is 2. The summed E-state index contributed by atoms with van der Waals surface area (Å²) in [6.45, 7) is 2.17. The van der Waals surface area contributed by atoms with Gasteiger partial charge in [0.15, 0.2) is 22.9 Å². The van der Waals surface area contributed by atoms with Gasteiger partial charge in [0, 0.05) is 12.1 Å². The Morgan fingerprint density at radius 1 is 1.10 bits per heavy atom. The van der Waals surface area contributed by atoms with Gasteiger partial charge in [-0.3, -0.25) is 9.59 Å². The van der Waals surface area contributed by atoms with E-state index in [1.165, 1.54) is 25.1 Å². The first kappa shape index (κ1) is 28.0. The Bertz CT molecular complexity index is 1440. The Morgan fingerprint density at radius 2 is 1.82 bits per heavy atom. The second-order valence-corrected chi connectivity index (χ2v) is 9.17. The number of aryl methyl sites for hydroxylation is 1. The normalized spacial score (nSPS) is 23.2. The van der Waals surface area contributed by atoms with Gasteiger partial charge in [-0.1, -0.05) is 30.3 Å². The zero-order chi connectivity index (χ0) is 28.3. The molecule has 1 saturated heterocycles. The molecule has 3 aromatic rings. The average Bonchev–Trinajstić information content (AvgIpc) is 2.88. The van der Waals surface area contributed by atoms with Crippen LogP contribution in [0.25, 0.3) is 17.0 Å². The molecule has 2 aromatic carbocycles. The molecule has 206 valence electrons. The van der Waals surface area contributed by atoms with Gasteiger partial charge in [-0.25, -0.2) is 4.79 Å². The van der Waals surface area contributed by atoms with E-state index in [2.05, 4.69) is 0 Å². The lowest BCUT2D eigenvalue weighted by Gasteiger charge is -2.41.